The molecular formula is C14H19BrO4. The highest BCUT2D eigenvalue weighted by Crippen LogP contribution is 2.41. The lowest BCUT2D eigenvalue weighted by atomic mass is 9.84. The number of hydrogen-bond acceptors (Lipinski definition) is 3. The van der Waals surface area contributed by atoms with Gasteiger partial charge in [-0.05, 0) is 60.3 Å². The van der Waals surface area contributed by atoms with Gasteiger partial charge in [-0.1, -0.05) is 0 Å². The van der Waals surface area contributed by atoms with Crippen LogP contribution in [0.25, 0.3) is 0 Å². The number of ether oxygens (including phenoxy) is 2. The van der Waals surface area contributed by atoms with E-state index in [4.69, 9.17) is 9.47 Å². The predicted molar refractivity (Wildman–Crippen MR) is 77.1 cm³/mol. The first-order valence-corrected chi connectivity index (χ1v) is 6.67. The molecule has 1 aromatic carbocycles. The van der Waals surface area contributed by atoms with Gasteiger partial charge in [0.1, 0.15) is 0 Å². The van der Waals surface area contributed by atoms with Gasteiger partial charge in [-0.15, -0.1) is 0 Å². The number of aliphatic carboxylic acids is 1. The van der Waals surface area contributed by atoms with E-state index in [0.717, 1.165) is 15.6 Å². The first-order chi connectivity index (χ1) is 8.74. The van der Waals surface area contributed by atoms with Gasteiger partial charge in [-0.2, -0.15) is 0 Å². The van der Waals surface area contributed by atoms with Crippen LogP contribution in [0.2, 0.25) is 0 Å². The van der Waals surface area contributed by atoms with Crippen LogP contribution in [-0.4, -0.2) is 25.3 Å². The van der Waals surface area contributed by atoms with E-state index in [-0.39, 0.29) is 0 Å². The Balaban J connectivity index is 3.31. The molecule has 0 bridgehead atoms. The summed E-state index contributed by atoms with van der Waals surface area (Å²) < 4.78 is 11.4. The summed E-state index contributed by atoms with van der Waals surface area (Å²) in [5.41, 5.74) is 1.06. The highest BCUT2D eigenvalue weighted by molar-refractivity contribution is 9.10. The van der Waals surface area contributed by atoms with Crippen molar-refractivity contribution in [1.82, 2.24) is 0 Å². The molecule has 1 aromatic rings. The average molecular weight is 331 g/mol. The highest BCUT2D eigenvalue weighted by Gasteiger charge is 2.29. The molecule has 0 unspecified atom stereocenters. The standard InChI is InChI=1S/C14H19BrO4/c1-8-9(7-14(2,3)13(16)17)6-10(18-4)12(19-5)11(8)15/h6H,7H2,1-5H3,(H,16,17). The second-order valence-corrected chi connectivity index (χ2v) is 5.87. The van der Waals surface area contributed by atoms with Crippen LogP contribution in [0, 0.1) is 12.3 Å². The van der Waals surface area contributed by atoms with Crippen LogP contribution in [0.1, 0.15) is 25.0 Å². The predicted octanol–water partition coefficient (Wildman–Crippen LogP) is 3.43. The smallest absolute Gasteiger partial charge is 0.309 e. The minimum Gasteiger partial charge on any atom is -0.493 e. The van der Waals surface area contributed by atoms with E-state index in [1.807, 2.05) is 13.0 Å². The quantitative estimate of drug-likeness (QED) is 0.898. The van der Waals surface area contributed by atoms with Crippen molar-refractivity contribution in [2.75, 3.05) is 14.2 Å². The van der Waals surface area contributed by atoms with Gasteiger partial charge in [-0.3, -0.25) is 4.79 Å². The fourth-order valence-electron chi connectivity index (χ4n) is 1.83. The minimum absolute atomic E-state index is 0.424. The molecule has 1 N–H and O–H groups in total. The third kappa shape index (κ3) is 3.21. The Morgan fingerprint density at radius 3 is 2.37 bits per heavy atom. The molecule has 0 aliphatic carbocycles. The first kappa shape index (κ1) is 15.8. The lowest BCUT2D eigenvalue weighted by Crippen LogP contribution is -2.26. The molecule has 106 valence electrons. The fourth-order valence-corrected chi connectivity index (χ4v) is 2.44. The highest BCUT2D eigenvalue weighted by atomic mass is 79.9. The summed E-state index contributed by atoms with van der Waals surface area (Å²) in [7, 11) is 3.13. The van der Waals surface area contributed by atoms with Crippen LogP contribution in [0.15, 0.2) is 10.5 Å². The molecule has 0 saturated carbocycles. The van der Waals surface area contributed by atoms with Crippen molar-refractivity contribution in [3.8, 4) is 11.5 Å². The SMILES string of the molecule is COc1cc(CC(C)(C)C(=O)O)c(C)c(Br)c1OC. The van der Waals surface area contributed by atoms with Gasteiger partial charge in [0.2, 0.25) is 0 Å². The molecular weight excluding hydrogens is 312 g/mol. The van der Waals surface area contributed by atoms with Crippen molar-refractivity contribution in [2.24, 2.45) is 5.41 Å². The molecule has 0 aliphatic rings. The van der Waals surface area contributed by atoms with E-state index in [9.17, 15) is 9.90 Å². The Kier molecular flexibility index (Phi) is 4.85. The van der Waals surface area contributed by atoms with Gasteiger partial charge in [0.05, 0.1) is 24.1 Å². The van der Waals surface area contributed by atoms with Gasteiger partial charge < -0.3 is 14.6 Å². The third-order valence-corrected chi connectivity index (χ3v) is 4.13. The number of hydrogen-bond donors (Lipinski definition) is 1. The van der Waals surface area contributed by atoms with E-state index >= 15 is 0 Å². The zero-order valence-electron chi connectivity index (χ0n) is 11.8. The second kappa shape index (κ2) is 5.82. The molecule has 0 spiro atoms. The van der Waals surface area contributed by atoms with Crippen LogP contribution >= 0.6 is 15.9 Å². The Bertz CT molecular complexity index is 495. The lowest BCUT2D eigenvalue weighted by molar-refractivity contribution is -0.146. The average Bonchev–Trinajstić information content (AvgIpc) is 2.34. The number of benzene rings is 1. The second-order valence-electron chi connectivity index (χ2n) is 5.08. The molecule has 0 aromatic heterocycles. The molecule has 0 saturated heterocycles. The third-order valence-electron chi connectivity index (χ3n) is 3.17. The molecule has 0 amide bonds. The number of methoxy groups -OCH3 is 2. The molecule has 4 nitrogen and oxygen atoms in total. The van der Waals surface area contributed by atoms with Crippen molar-refractivity contribution in [1.29, 1.82) is 0 Å². The van der Waals surface area contributed by atoms with Crippen LogP contribution < -0.4 is 9.47 Å². The van der Waals surface area contributed by atoms with E-state index in [0.29, 0.717) is 17.9 Å². The van der Waals surface area contributed by atoms with Gasteiger partial charge in [-0.25, -0.2) is 0 Å². The molecule has 0 radical (unpaired) electrons. The van der Waals surface area contributed by atoms with Crippen molar-refractivity contribution in [3.05, 3.63) is 21.7 Å². The summed E-state index contributed by atoms with van der Waals surface area (Å²) in [6.07, 6.45) is 0.424. The molecule has 0 aliphatic heterocycles. The summed E-state index contributed by atoms with van der Waals surface area (Å²) in [5, 5.41) is 9.22. The van der Waals surface area contributed by atoms with Crippen LogP contribution in [0.5, 0.6) is 11.5 Å². The number of carboxylic acid groups (broad SMARTS) is 1. The lowest BCUT2D eigenvalue weighted by Gasteiger charge is -2.22. The molecule has 0 fully saturated rings. The summed E-state index contributed by atoms with van der Waals surface area (Å²) in [4.78, 5) is 11.2. The number of halogens is 1. The zero-order valence-corrected chi connectivity index (χ0v) is 13.4. The summed E-state index contributed by atoms with van der Waals surface area (Å²) >= 11 is 3.48. The largest absolute Gasteiger partial charge is 0.493 e. The maximum absolute atomic E-state index is 11.2. The normalized spacial score (nSPS) is 11.3. The van der Waals surface area contributed by atoms with Crippen molar-refractivity contribution in [3.63, 3.8) is 0 Å². The number of carbonyl (C=O) groups is 1. The van der Waals surface area contributed by atoms with Crippen molar-refractivity contribution >= 4 is 21.9 Å². The Hall–Kier alpha value is -1.23. The molecule has 5 heteroatoms. The van der Waals surface area contributed by atoms with Gasteiger partial charge in [0.25, 0.3) is 0 Å². The summed E-state index contributed by atoms with van der Waals surface area (Å²) in [5.74, 6) is 0.394. The van der Waals surface area contributed by atoms with E-state index in [1.165, 1.54) is 0 Å². The van der Waals surface area contributed by atoms with E-state index in [1.54, 1.807) is 28.1 Å². The zero-order chi connectivity index (χ0) is 14.8. The van der Waals surface area contributed by atoms with Gasteiger partial charge >= 0.3 is 5.97 Å². The Labute approximate surface area is 121 Å². The maximum Gasteiger partial charge on any atom is 0.309 e. The van der Waals surface area contributed by atoms with Crippen molar-refractivity contribution in [2.45, 2.75) is 27.2 Å². The van der Waals surface area contributed by atoms with Crippen LogP contribution in [0.3, 0.4) is 0 Å². The topological polar surface area (TPSA) is 55.8 Å². The molecule has 19 heavy (non-hydrogen) atoms. The maximum atomic E-state index is 11.2. The number of carboxylic acids is 1. The fraction of sp³-hybridized carbons (Fsp3) is 0.500. The molecule has 0 atom stereocenters. The molecule has 1 rings (SSSR count). The van der Waals surface area contributed by atoms with Gasteiger partial charge in [0, 0.05) is 0 Å². The van der Waals surface area contributed by atoms with Crippen LogP contribution in [0.4, 0.5) is 0 Å². The number of rotatable bonds is 5. The monoisotopic (exact) mass is 330 g/mol. The Morgan fingerprint density at radius 1 is 1.37 bits per heavy atom. The van der Waals surface area contributed by atoms with E-state index < -0.39 is 11.4 Å². The van der Waals surface area contributed by atoms with Crippen LogP contribution in [-0.2, 0) is 11.2 Å². The first-order valence-electron chi connectivity index (χ1n) is 5.88. The molecule has 0 heterocycles. The van der Waals surface area contributed by atoms with E-state index in [2.05, 4.69) is 15.9 Å². The van der Waals surface area contributed by atoms with Gasteiger partial charge in [0.15, 0.2) is 11.5 Å². The van der Waals surface area contributed by atoms with Crippen molar-refractivity contribution < 1.29 is 19.4 Å². The summed E-state index contributed by atoms with van der Waals surface area (Å²) in [6, 6.07) is 1.84. The Morgan fingerprint density at radius 2 is 1.95 bits per heavy atom. The summed E-state index contributed by atoms with van der Waals surface area (Å²) in [6.45, 7) is 5.35. The minimum atomic E-state index is -0.830.